The van der Waals surface area contributed by atoms with E-state index in [2.05, 4.69) is 6.07 Å². The van der Waals surface area contributed by atoms with E-state index in [0.717, 1.165) is 33.3 Å². The molecule has 1 aromatic carbocycles. The van der Waals surface area contributed by atoms with Crippen LogP contribution < -0.4 is 4.74 Å². The van der Waals surface area contributed by atoms with Crippen molar-refractivity contribution in [3.63, 3.8) is 0 Å². The van der Waals surface area contributed by atoms with Gasteiger partial charge in [-0.05, 0) is 64.1 Å². The van der Waals surface area contributed by atoms with Gasteiger partial charge in [-0.2, -0.15) is 5.26 Å². The van der Waals surface area contributed by atoms with E-state index in [9.17, 15) is 10.1 Å². The van der Waals surface area contributed by atoms with Crippen molar-refractivity contribution in [1.29, 1.82) is 5.26 Å². The molecule has 0 aromatic heterocycles. The van der Waals surface area contributed by atoms with Gasteiger partial charge >= 0.3 is 6.09 Å². The molecule has 7 nitrogen and oxygen atoms in total. The van der Waals surface area contributed by atoms with Gasteiger partial charge in [-0.3, -0.25) is 0 Å². The summed E-state index contributed by atoms with van der Waals surface area (Å²) in [7, 11) is 1.95. The normalized spacial score (nSPS) is 18.9. The third-order valence-corrected chi connectivity index (χ3v) is 5.93. The van der Waals surface area contributed by atoms with Crippen molar-refractivity contribution >= 4 is 23.0 Å². The van der Waals surface area contributed by atoms with Crippen LogP contribution in [0, 0.1) is 25.2 Å². The largest absolute Gasteiger partial charge is 0.466 e. The van der Waals surface area contributed by atoms with E-state index in [0.29, 0.717) is 25.1 Å². The van der Waals surface area contributed by atoms with Crippen LogP contribution in [0.15, 0.2) is 28.4 Å². The number of ether oxygens (including phenoxy) is 2. The number of likely N-dealkylation sites (N-methyl/N-ethyl adjacent to an activating group) is 1. The number of hydrogen-bond donors (Lipinski definition) is 0. The van der Waals surface area contributed by atoms with Gasteiger partial charge in [0.1, 0.15) is 11.4 Å². The molecular formula is C23H30N4O3S. The van der Waals surface area contributed by atoms with E-state index >= 15 is 0 Å². The third-order valence-electron chi connectivity index (χ3n) is 5.19. The number of nitrogens with zero attached hydrogens (tertiary/aromatic N) is 4. The van der Waals surface area contributed by atoms with Crippen LogP contribution in [-0.2, 0) is 4.74 Å². The molecule has 166 valence electrons. The summed E-state index contributed by atoms with van der Waals surface area (Å²) in [5, 5.41) is 10.1. The Kier molecular flexibility index (Phi) is 6.56. The van der Waals surface area contributed by atoms with Crippen molar-refractivity contribution in [2.24, 2.45) is 4.99 Å². The molecule has 31 heavy (non-hydrogen) atoms. The summed E-state index contributed by atoms with van der Waals surface area (Å²) < 4.78 is 12.1. The van der Waals surface area contributed by atoms with Gasteiger partial charge in [-0.25, -0.2) is 9.79 Å². The number of rotatable bonds is 2. The van der Waals surface area contributed by atoms with Gasteiger partial charge < -0.3 is 19.3 Å². The molecule has 0 aliphatic carbocycles. The molecule has 0 spiro atoms. The fourth-order valence-electron chi connectivity index (χ4n) is 3.79. The number of nitriles is 1. The molecule has 0 radical (unpaired) electrons. The Balaban J connectivity index is 1.94. The molecule has 2 aliphatic rings. The van der Waals surface area contributed by atoms with Crippen molar-refractivity contribution in [3.05, 3.63) is 40.1 Å². The van der Waals surface area contributed by atoms with Crippen molar-refractivity contribution in [2.45, 2.75) is 52.9 Å². The monoisotopic (exact) mass is 442 g/mol. The Labute approximate surface area is 188 Å². The molecule has 2 heterocycles. The van der Waals surface area contributed by atoms with Crippen molar-refractivity contribution in [1.82, 2.24) is 9.80 Å². The Morgan fingerprint density at radius 2 is 1.94 bits per heavy atom. The Morgan fingerprint density at radius 1 is 1.29 bits per heavy atom. The number of carbonyl (C=O) groups is 1. The number of aliphatic imine (C=N–C) groups is 1. The maximum absolute atomic E-state index is 12.7. The van der Waals surface area contributed by atoms with Crippen molar-refractivity contribution in [3.8, 4) is 11.8 Å². The lowest BCUT2D eigenvalue weighted by Gasteiger charge is -2.41. The van der Waals surface area contributed by atoms with Crippen LogP contribution >= 0.6 is 11.8 Å². The summed E-state index contributed by atoms with van der Waals surface area (Å²) in [6, 6.07) is 5.85. The first kappa shape index (κ1) is 23.0. The molecule has 3 rings (SSSR count). The molecule has 1 aromatic rings. The number of carbonyl (C=O) groups excluding carboxylic acids is 1. The predicted molar refractivity (Wildman–Crippen MR) is 123 cm³/mol. The molecular weight excluding hydrogens is 412 g/mol. The second-order valence-electron chi connectivity index (χ2n) is 8.85. The highest BCUT2D eigenvalue weighted by atomic mass is 32.2. The minimum absolute atomic E-state index is 0.328. The lowest BCUT2D eigenvalue weighted by molar-refractivity contribution is 0.0229. The lowest BCUT2D eigenvalue weighted by atomic mass is 10.0. The molecule has 0 fully saturated rings. The summed E-state index contributed by atoms with van der Waals surface area (Å²) in [5.74, 6) is 0.749. The van der Waals surface area contributed by atoms with E-state index in [1.165, 1.54) is 0 Å². The molecule has 0 N–H and O–H groups in total. The number of benzene rings is 1. The first-order valence-electron chi connectivity index (χ1n) is 10.3. The average Bonchev–Trinajstić information content (AvgIpc) is 2.69. The van der Waals surface area contributed by atoms with Crippen molar-refractivity contribution < 1.29 is 14.3 Å². The Bertz CT molecular complexity index is 965. The van der Waals surface area contributed by atoms with Crippen LogP contribution in [0.25, 0.3) is 0 Å². The highest BCUT2D eigenvalue weighted by Gasteiger charge is 2.37. The number of amides is 1. The van der Waals surface area contributed by atoms with E-state index in [1.807, 2.05) is 65.0 Å². The second-order valence-corrected chi connectivity index (χ2v) is 9.63. The highest BCUT2D eigenvalue weighted by molar-refractivity contribution is 8.13. The lowest BCUT2D eigenvalue weighted by Crippen LogP contribution is -2.50. The maximum atomic E-state index is 12.7. The van der Waals surface area contributed by atoms with Crippen LogP contribution in [0.3, 0.4) is 0 Å². The smallest absolute Gasteiger partial charge is 0.410 e. The van der Waals surface area contributed by atoms with Gasteiger partial charge in [-0.15, -0.1) is 0 Å². The third kappa shape index (κ3) is 4.99. The fraction of sp³-hybridized carbons (Fsp3) is 0.522. The van der Waals surface area contributed by atoms with Crippen LogP contribution in [0.5, 0.6) is 5.75 Å². The van der Waals surface area contributed by atoms with E-state index in [4.69, 9.17) is 14.5 Å². The number of amidine groups is 1. The predicted octanol–water partition coefficient (Wildman–Crippen LogP) is 4.44. The summed E-state index contributed by atoms with van der Waals surface area (Å²) in [5.41, 5.74) is 3.79. The second kappa shape index (κ2) is 8.83. The Morgan fingerprint density at radius 3 is 2.48 bits per heavy atom. The topological polar surface area (TPSA) is 78.2 Å². The standard InChI is InChI=1S/C23H30N4O3S/c1-14-10-16(12-24)11-15(2)19(14)29-20-17-13-27(22(28)30-23(3,4)5)9-8-18(17)25-21(31-7)26(20)6/h10-11,20H,8-9,13H2,1-7H3. The number of hydrogen-bond acceptors (Lipinski definition) is 7. The molecule has 0 saturated heterocycles. The zero-order chi connectivity index (χ0) is 22.9. The molecule has 2 aliphatic heterocycles. The number of aryl methyl sites for hydroxylation is 2. The van der Waals surface area contributed by atoms with Gasteiger partial charge in [0.15, 0.2) is 11.4 Å². The zero-order valence-electron chi connectivity index (χ0n) is 19.3. The summed E-state index contributed by atoms with van der Waals surface area (Å²) in [6.45, 7) is 10.4. The van der Waals surface area contributed by atoms with E-state index in [-0.39, 0.29) is 6.09 Å². The van der Waals surface area contributed by atoms with Crippen LogP contribution in [0.4, 0.5) is 4.79 Å². The minimum atomic E-state index is -0.550. The number of thioether (sulfide) groups is 1. The first-order valence-corrected chi connectivity index (χ1v) is 11.5. The van der Waals surface area contributed by atoms with Gasteiger partial charge in [0.2, 0.25) is 0 Å². The molecule has 1 unspecified atom stereocenters. The van der Waals surface area contributed by atoms with Crippen LogP contribution in [0.2, 0.25) is 0 Å². The fourth-order valence-corrected chi connectivity index (χ4v) is 4.37. The van der Waals surface area contributed by atoms with Crippen molar-refractivity contribution in [2.75, 3.05) is 26.4 Å². The molecule has 0 saturated carbocycles. The van der Waals surface area contributed by atoms with Gasteiger partial charge in [-0.1, -0.05) is 11.8 Å². The summed E-state index contributed by atoms with van der Waals surface area (Å²) >= 11 is 1.57. The van der Waals surface area contributed by atoms with Gasteiger partial charge in [0, 0.05) is 25.6 Å². The molecule has 0 bridgehead atoms. The first-order chi connectivity index (χ1) is 14.5. The SMILES string of the molecule is CSC1=NC2=C(CN(C(=O)OC(C)(C)C)CC2)C(Oc2c(C)cc(C#N)cc2C)N1C. The van der Waals surface area contributed by atoms with E-state index in [1.54, 1.807) is 16.7 Å². The van der Waals surface area contributed by atoms with Gasteiger partial charge in [0.25, 0.3) is 0 Å². The average molecular weight is 443 g/mol. The Hall–Kier alpha value is -2.66. The molecule has 1 amide bonds. The zero-order valence-corrected chi connectivity index (χ0v) is 20.1. The van der Waals surface area contributed by atoms with Crippen LogP contribution in [-0.4, -0.2) is 59.3 Å². The quantitative estimate of drug-likeness (QED) is 0.674. The van der Waals surface area contributed by atoms with E-state index < -0.39 is 11.8 Å². The highest BCUT2D eigenvalue weighted by Crippen LogP contribution is 2.34. The maximum Gasteiger partial charge on any atom is 0.410 e. The molecule has 8 heteroatoms. The summed E-state index contributed by atoms with van der Waals surface area (Å²) in [4.78, 5) is 21.2. The van der Waals surface area contributed by atoms with Crippen LogP contribution in [0.1, 0.15) is 43.9 Å². The van der Waals surface area contributed by atoms with Gasteiger partial charge in [0.05, 0.1) is 23.9 Å². The summed E-state index contributed by atoms with van der Waals surface area (Å²) in [6.07, 6.45) is 1.92. The molecule has 1 atom stereocenters. The minimum Gasteiger partial charge on any atom is -0.466 e.